The molecular formula is C9H5F3N3. The molecule has 0 fully saturated rings. The van der Waals surface area contributed by atoms with Gasteiger partial charge in [-0.2, -0.15) is 18.3 Å². The summed E-state index contributed by atoms with van der Waals surface area (Å²) in [5.41, 5.74) is -0.313. The van der Waals surface area contributed by atoms with E-state index in [-0.39, 0.29) is 0 Å². The third-order valence-corrected chi connectivity index (χ3v) is 1.79. The van der Waals surface area contributed by atoms with Crippen molar-refractivity contribution in [1.82, 2.24) is 14.8 Å². The summed E-state index contributed by atoms with van der Waals surface area (Å²) in [5.74, 6) is 0. The summed E-state index contributed by atoms with van der Waals surface area (Å²) in [6.45, 7) is 0. The Morgan fingerprint density at radius 3 is 2.53 bits per heavy atom. The van der Waals surface area contributed by atoms with Crippen LogP contribution in [0.3, 0.4) is 0 Å². The van der Waals surface area contributed by atoms with Gasteiger partial charge in [0.25, 0.3) is 0 Å². The molecule has 0 unspecified atom stereocenters. The largest absolute Gasteiger partial charge is 0.416 e. The average Bonchev–Trinajstić information content (AvgIpc) is 2.69. The van der Waals surface area contributed by atoms with E-state index in [2.05, 4.69) is 16.1 Å². The summed E-state index contributed by atoms with van der Waals surface area (Å²) in [6.07, 6.45) is -1.65. The summed E-state index contributed by atoms with van der Waals surface area (Å²) < 4.78 is 38.0. The van der Waals surface area contributed by atoms with Crippen molar-refractivity contribution < 1.29 is 13.2 Å². The fourth-order valence-corrected chi connectivity index (χ4v) is 1.07. The van der Waals surface area contributed by atoms with Crippen LogP contribution >= 0.6 is 0 Å². The Kier molecular flexibility index (Phi) is 2.18. The molecule has 15 heavy (non-hydrogen) atoms. The lowest BCUT2D eigenvalue weighted by atomic mass is 10.2. The fourth-order valence-electron chi connectivity index (χ4n) is 1.07. The Morgan fingerprint density at radius 1 is 1.27 bits per heavy atom. The number of aromatic nitrogens is 3. The van der Waals surface area contributed by atoms with E-state index < -0.39 is 11.7 Å². The van der Waals surface area contributed by atoms with Crippen molar-refractivity contribution in [3.8, 4) is 5.69 Å². The first-order valence-corrected chi connectivity index (χ1v) is 4.01. The van der Waals surface area contributed by atoms with Crippen molar-refractivity contribution in [3.05, 3.63) is 42.5 Å². The van der Waals surface area contributed by atoms with E-state index in [0.29, 0.717) is 5.69 Å². The van der Waals surface area contributed by atoms with E-state index in [1.165, 1.54) is 23.4 Å². The maximum atomic E-state index is 12.2. The second-order valence-electron chi connectivity index (χ2n) is 2.80. The maximum absolute atomic E-state index is 12.2. The lowest BCUT2D eigenvalue weighted by Gasteiger charge is -2.06. The standard InChI is InChI=1S/C9H5F3N3/c10-9(11,12)7-1-3-8(4-2-7)15-6-13-5-14-15/h1-3,5-6H. The van der Waals surface area contributed by atoms with Crippen molar-refractivity contribution in [1.29, 1.82) is 0 Å². The predicted octanol–water partition coefficient (Wildman–Crippen LogP) is 2.09. The molecule has 3 nitrogen and oxygen atoms in total. The summed E-state index contributed by atoms with van der Waals surface area (Å²) in [4.78, 5) is 3.68. The van der Waals surface area contributed by atoms with Gasteiger partial charge in [-0.3, -0.25) is 0 Å². The van der Waals surface area contributed by atoms with Gasteiger partial charge >= 0.3 is 6.18 Å². The van der Waals surface area contributed by atoms with Crippen molar-refractivity contribution in [2.24, 2.45) is 0 Å². The number of rotatable bonds is 1. The topological polar surface area (TPSA) is 30.7 Å². The van der Waals surface area contributed by atoms with Crippen LogP contribution in [0.5, 0.6) is 0 Å². The number of halogens is 3. The number of alkyl halides is 3. The minimum atomic E-state index is -4.34. The molecule has 0 amide bonds. The van der Waals surface area contributed by atoms with Gasteiger partial charge in [0.15, 0.2) is 0 Å². The molecular weight excluding hydrogens is 207 g/mol. The van der Waals surface area contributed by atoms with E-state index in [1.54, 1.807) is 0 Å². The molecule has 0 spiro atoms. The van der Waals surface area contributed by atoms with Crippen LogP contribution in [0.4, 0.5) is 13.2 Å². The Bertz CT molecular complexity index is 431. The molecule has 0 saturated heterocycles. The van der Waals surface area contributed by atoms with E-state index in [0.717, 1.165) is 12.1 Å². The van der Waals surface area contributed by atoms with Crippen molar-refractivity contribution >= 4 is 0 Å². The summed E-state index contributed by atoms with van der Waals surface area (Å²) in [7, 11) is 0. The Balaban J connectivity index is 2.33. The van der Waals surface area contributed by atoms with Crippen molar-refractivity contribution in [3.63, 3.8) is 0 Å². The molecule has 0 aliphatic carbocycles. The number of hydrogen-bond acceptors (Lipinski definition) is 2. The molecule has 0 bridgehead atoms. The van der Waals surface area contributed by atoms with Gasteiger partial charge in [0.2, 0.25) is 0 Å². The zero-order valence-electron chi connectivity index (χ0n) is 7.36. The second kappa shape index (κ2) is 3.38. The van der Waals surface area contributed by atoms with Crippen LogP contribution in [0.15, 0.2) is 30.9 Å². The van der Waals surface area contributed by atoms with Gasteiger partial charge in [-0.15, -0.1) is 0 Å². The first-order valence-electron chi connectivity index (χ1n) is 4.01. The van der Waals surface area contributed by atoms with Gasteiger partial charge in [0.1, 0.15) is 12.7 Å². The van der Waals surface area contributed by atoms with E-state index in [9.17, 15) is 13.2 Å². The predicted molar refractivity (Wildman–Crippen MR) is 45.2 cm³/mol. The van der Waals surface area contributed by atoms with Crippen LogP contribution < -0.4 is 0 Å². The van der Waals surface area contributed by atoms with E-state index in [4.69, 9.17) is 0 Å². The molecule has 0 N–H and O–H groups in total. The Morgan fingerprint density at radius 2 is 2.07 bits per heavy atom. The third kappa shape index (κ3) is 1.98. The first kappa shape index (κ1) is 9.70. The molecule has 2 rings (SSSR count). The van der Waals surface area contributed by atoms with E-state index in [1.807, 2.05) is 0 Å². The van der Waals surface area contributed by atoms with Gasteiger partial charge in [-0.25, -0.2) is 9.67 Å². The van der Waals surface area contributed by atoms with Gasteiger partial charge in [-0.1, -0.05) is 0 Å². The summed E-state index contributed by atoms with van der Waals surface area (Å²) in [6, 6.07) is 5.64. The number of hydrogen-bond donors (Lipinski definition) is 0. The second-order valence-corrected chi connectivity index (χ2v) is 2.80. The molecule has 1 aromatic carbocycles. The minimum Gasteiger partial charge on any atom is -0.223 e. The van der Waals surface area contributed by atoms with Crippen molar-refractivity contribution in [2.75, 3.05) is 0 Å². The Hall–Kier alpha value is -1.85. The normalized spacial score (nSPS) is 11.7. The lowest BCUT2D eigenvalue weighted by Crippen LogP contribution is -2.05. The summed E-state index contributed by atoms with van der Waals surface area (Å²) >= 11 is 0. The SMILES string of the molecule is FC(F)(F)c1c[c]c(-n2cncn2)cc1. The highest BCUT2D eigenvalue weighted by Crippen LogP contribution is 2.29. The molecule has 0 atom stereocenters. The first-order chi connectivity index (χ1) is 7.07. The van der Waals surface area contributed by atoms with Gasteiger partial charge in [-0.05, 0) is 18.2 Å². The molecule has 2 aromatic rings. The van der Waals surface area contributed by atoms with Gasteiger partial charge in [0, 0.05) is 6.07 Å². The maximum Gasteiger partial charge on any atom is 0.416 e. The molecule has 0 aliphatic rings. The number of benzene rings is 1. The van der Waals surface area contributed by atoms with Gasteiger partial charge in [0.05, 0.1) is 11.3 Å². The highest BCUT2D eigenvalue weighted by Gasteiger charge is 2.30. The molecule has 1 aromatic heterocycles. The molecule has 6 heteroatoms. The summed E-state index contributed by atoms with van der Waals surface area (Å²) in [5, 5.41) is 3.77. The smallest absolute Gasteiger partial charge is 0.223 e. The van der Waals surface area contributed by atoms with Crippen LogP contribution in [-0.4, -0.2) is 14.8 Å². The van der Waals surface area contributed by atoms with Crippen LogP contribution in [0.1, 0.15) is 5.56 Å². The molecule has 0 saturated carbocycles. The zero-order valence-corrected chi connectivity index (χ0v) is 7.36. The van der Waals surface area contributed by atoms with Crippen LogP contribution in [-0.2, 0) is 6.18 Å². The van der Waals surface area contributed by atoms with Gasteiger partial charge < -0.3 is 0 Å². The highest BCUT2D eigenvalue weighted by molar-refractivity contribution is 5.32. The van der Waals surface area contributed by atoms with Crippen LogP contribution in [0.2, 0.25) is 0 Å². The highest BCUT2D eigenvalue weighted by atomic mass is 19.4. The molecule has 0 aliphatic heterocycles. The molecule has 77 valence electrons. The average molecular weight is 212 g/mol. The lowest BCUT2D eigenvalue weighted by molar-refractivity contribution is -0.137. The molecule has 1 heterocycles. The van der Waals surface area contributed by atoms with Crippen molar-refractivity contribution in [2.45, 2.75) is 6.18 Å². The third-order valence-electron chi connectivity index (χ3n) is 1.79. The molecule has 1 radical (unpaired) electrons. The Labute approximate surface area is 83.2 Å². The van der Waals surface area contributed by atoms with Crippen LogP contribution in [0, 0.1) is 6.07 Å². The quantitative estimate of drug-likeness (QED) is 0.724. The van der Waals surface area contributed by atoms with Crippen LogP contribution in [0.25, 0.3) is 5.69 Å². The van der Waals surface area contributed by atoms with E-state index >= 15 is 0 Å². The fraction of sp³-hybridized carbons (Fsp3) is 0.111. The monoisotopic (exact) mass is 212 g/mol. The zero-order chi connectivity index (χ0) is 10.9. The number of nitrogens with zero attached hydrogens (tertiary/aromatic N) is 3. The minimum absolute atomic E-state index is 0.417.